The second kappa shape index (κ2) is 6.65. The summed E-state index contributed by atoms with van der Waals surface area (Å²) in [6.07, 6.45) is 3.31. The number of aliphatic hydroxyl groups is 1. The van der Waals surface area contributed by atoms with Crippen molar-refractivity contribution in [3.05, 3.63) is 23.3 Å². The maximum Gasteiger partial charge on any atom is 0.348 e. The normalized spacial score (nSPS) is 30.9. The molecule has 1 N–H and O–H groups in total. The van der Waals surface area contributed by atoms with Crippen molar-refractivity contribution in [2.45, 2.75) is 50.2 Å². The Balaban J connectivity index is 1.84. The van der Waals surface area contributed by atoms with Crippen LogP contribution in [-0.4, -0.2) is 54.9 Å². The number of amides is 1. The second-order valence-electron chi connectivity index (χ2n) is 7.87. The van der Waals surface area contributed by atoms with Gasteiger partial charge in [-0.15, -0.1) is 0 Å². The minimum atomic E-state index is -2.09. The Bertz CT molecular complexity index is 823. The summed E-state index contributed by atoms with van der Waals surface area (Å²) in [6.45, 7) is 2.26. The van der Waals surface area contributed by atoms with Crippen LogP contribution in [0.15, 0.2) is 12.1 Å². The SMILES string of the molecule is CCOC(=O)[C@]1(O)C[C@@H]2CCC[C@@]23c2cc(OC)c(OC)cc2CCN3C1=O. The van der Waals surface area contributed by atoms with E-state index < -0.39 is 23.0 Å². The van der Waals surface area contributed by atoms with Crippen LogP contribution >= 0.6 is 0 Å². The van der Waals surface area contributed by atoms with Gasteiger partial charge in [0.2, 0.25) is 5.60 Å². The van der Waals surface area contributed by atoms with E-state index in [0.29, 0.717) is 24.5 Å². The number of rotatable bonds is 4. The van der Waals surface area contributed by atoms with Gasteiger partial charge in [-0.2, -0.15) is 0 Å². The van der Waals surface area contributed by atoms with Crippen molar-refractivity contribution in [1.82, 2.24) is 4.90 Å². The van der Waals surface area contributed by atoms with Crippen LogP contribution in [0.2, 0.25) is 0 Å². The van der Waals surface area contributed by atoms with Gasteiger partial charge in [-0.3, -0.25) is 4.79 Å². The number of ether oxygens (including phenoxy) is 3. The summed E-state index contributed by atoms with van der Waals surface area (Å²) in [5.41, 5.74) is -0.417. The molecule has 7 nitrogen and oxygen atoms in total. The topological polar surface area (TPSA) is 85.3 Å². The van der Waals surface area contributed by atoms with E-state index >= 15 is 0 Å². The largest absolute Gasteiger partial charge is 0.493 e. The number of benzene rings is 1. The third-order valence-electron chi connectivity index (χ3n) is 6.70. The lowest BCUT2D eigenvalue weighted by molar-refractivity contribution is -0.193. The van der Waals surface area contributed by atoms with Crippen LogP contribution < -0.4 is 9.47 Å². The Hall–Kier alpha value is -2.28. The molecule has 2 aliphatic heterocycles. The fourth-order valence-corrected chi connectivity index (χ4v) is 5.52. The lowest BCUT2D eigenvalue weighted by Gasteiger charge is -2.55. The molecule has 4 rings (SSSR count). The van der Waals surface area contributed by atoms with Crippen LogP contribution in [-0.2, 0) is 26.3 Å². The van der Waals surface area contributed by atoms with Gasteiger partial charge in [-0.1, -0.05) is 6.42 Å². The van der Waals surface area contributed by atoms with Crippen LogP contribution in [0.4, 0.5) is 0 Å². The predicted molar refractivity (Wildman–Crippen MR) is 100 cm³/mol. The molecule has 3 aliphatic rings. The number of fused-ring (bicyclic) bond motifs is 1. The van der Waals surface area contributed by atoms with Crippen LogP contribution in [0.1, 0.15) is 43.7 Å². The zero-order valence-electron chi connectivity index (χ0n) is 16.6. The van der Waals surface area contributed by atoms with E-state index in [-0.39, 0.29) is 18.9 Å². The number of hydrogen-bond acceptors (Lipinski definition) is 6. The summed E-state index contributed by atoms with van der Waals surface area (Å²) in [6, 6.07) is 3.97. The minimum absolute atomic E-state index is 0.0169. The molecular weight excluding hydrogens is 362 g/mol. The molecule has 1 spiro atoms. The Kier molecular flexibility index (Phi) is 4.53. The zero-order chi connectivity index (χ0) is 20.1. The van der Waals surface area contributed by atoms with E-state index in [1.807, 2.05) is 12.1 Å². The van der Waals surface area contributed by atoms with Crippen molar-refractivity contribution in [3.8, 4) is 11.5 Å². The Labute approximate surface area is 164 Å². The highest BCUT2D eigenvalue weighted by atomic mass is 16.6. The number of esters is 1. The first-order chi connectivity index (χ1) is 13.4. The molecule has 1 saturated carbocycles. The summed E-state index contributed by atoms with van der Waals surface area (Å²) < 4.78 is 16.0. The van der Waals surface area contributed by atoms with Gasteiger partial charge >= 0.3 is 5.97 Å². The van der Waals surface area contributed by atoms with Crippen LogP contribution in [0, 0.1) is 5.92 Å². The van der Waals surface area contributed by atoms with Gasteiger partial charge in [-0.25, -0.2) is 4.79 Å². The van der Waals surface area contributed by atoms with Crippen molar-refractivity contribution in [3.63, 3.8) is 0 Å². The van der Waals surface area contributed by atoms with Crippen molar-refractivity contribution in [2.75, 3.05) is 27.4 Å². The third-order valence-corrected chi connectivity index (χ3v) is 6.70. The molecule has 0 bridgehead atoms. The second-order valence-corrected chi connectivity index (χ2v) is 7.87. The summed E-state index contributed by atoms with van der Waals surface area (Å²) in [4.78, 5) is 27.5. The summed E-state index contributed by atoms with van der Waals surface area (Å²) in [5, 5.41) is 11.0. The number of methoxy groups -OCH3 is 2. The Morgan fingerprint density at radius 3 is 2.68 bits per heavy atom. The van der Waals surface area contributed by atoms with Gasteiger partial charge in [0.05, 0.1) is 26.4 Å². The molecule has 0 radical (unpaired) electrons. The van der Waals surface area contributed by atoms with Gasteiger partial charge in [0.15, 0.2) is 11.5 Å². The van der Waals surface area contributed by atoms with Crippen molar-refractivity contribution in [2.24, 2.45) is 5.92 Å². The molecule has 2 heterocycles. The first-order valence-corrected chi connectivity index (χ1v) is 9.89. The average Bonchev–Trinajstić information content (AvgIpc) is 3.10. The molecule has 1 saturated heterocycles. The Morgan fingerprint density at radius 2 is 2.00 bits per heavy atom. The molecule has 0 aromatic heterocycles. The molecule has 2 fully saturated rings. The first-order valence-electron chi connectivity index (χ1n) is 9.89. The third kappa shape index (κ3) is 2.38. The van der Waals surface area contributed by atoms with E-state index in [1.165, 1.54) is 0 Å². The number of carbonyl (C=O) groups is 2. The highest BCUT2D eigenvalue weighted by Crippen LogP contribution is 2.58. The summed E-state index contributed by atoms with van der Waals surface area (Å²) in [7, 11) is 3.21. The monoisotopic (exact) mass is 389 g/mol. The molecule has 1 aromatic rings. The molecule has 1 aliphatic carbocycles. The predicted octanol–water partition coefficient (Wildman–Crippen LogP) is 1.78. The highest BCUT2D eigenvalue weighted by molar-refractivity contribution is 6.07. The van der Waals surface area contributed by atoms with Gasteiger partial charge < -0.3 is 24.2 Å². The first kappa shape index (κ1) is 19.1. The van der Waals surface area contributed by atoms with Gasteiger partial charge in [0.1, 0.15) is 0 Å². The molecule has 152 valence electrons. The van der Waals surface area contributed by atoms with Crippen molar-refractivity contribution in [1.29, 1.82) is 0 Å². The molecule has 7 heteroatoms. The standard InChI is InChI=1S/C21H27NO6/c1-4-28-19(24)21(25)12-14-6-5-8-20(14)15-11-17(27-3)16(26-2)10-13(15)7-9-22(20)18(21)23/h10-11,14,25H,4-9,12H2,1-3H3/t14-,20-,21-/m0/s1. The van der Waals surface area contributed by atoms with Crippen LogP contribution in [0.3, 0.4) is 0 Å². The molecular formula is C21H27NO6. The maximum atomic E-state index is 13.3. The number of nitrogens with zero attached hydrogens (tertiary/aromatic N) is 1. The lowest BCUT2D eigenvalue weighted by atomic mass is 9.66. The van der Waals surface area contributed by atoms with Gasteiger partial charge in [0.25, 0.3) is 5.91 Å². The number of piperidine rings is 1. The minimum Gasteiger partial charge on any atom is -0.493 e. The molecule has 1 aromatic carbocycles. The lowest BCUT2D eigenvalue weighted by Crippen LogP contribution is -2.69. The number of carbonyl (C=O) groups excluding carboxylic acids is 2. The molecule has 28 heavy (non-hydrogen) atoms. The molecule has 3 atom stereocenters. The fourth-order valence-electron chi connectivity index (χ4n) is 5.52. The molecule has 0 unspecified atom stereocenters. The Morgan fingerprint density at radius 1 is 1.29 bits per heavy atom. The fraction of sp³-hybridized carbons (Fsp3) is 0.619. The maximum absolute atomic E-state index is 13.3. The summed E-state index contributed by atoms with van der Waals surface area (Å²) >= 11 is 0. The summed E-state index contributed by atoms with van der Waals surface area (Å²) in [5.74, 6) is -0.0903. The van der Waals surface area contributed by atoms with E-state index in [2.05, 4.69) is 0 Å². The van der Waals surface area contributed by atoms with E-state index in [9.17, 15) is 14.7 Å². The van der Waals surface area contributed by atoms with Gasteiger partial charge in [-0.05, 0) is 55.4 Å². The quantitative estimate of drug-likeness (QED) is 0.624. The van der Waals surface area contributed by atoms with E-state index in [4.69, 9.17) is 14.2 Å². The zero-order valence-corrected chi connectivity index (χ0v) is 16.6. The smallest absolute Gasteiger partial charge is 0.348 e. The number of hydrogen-bond donors (Lipinski definition) is 1. The van der Waals surface area contributed by atoms with Crippen molar-refractivity contribution < 1.29 is 28.9 Å². The van der Waals surface area contributed by atoms with E-state index in [1.54, 1.807) is 26.0 Å². The molecule has 1 amide bonds. The average molecular weight is 389 g/mol. The van der Waals surface area contributed by atoms with Crippen molar-refractivity contribution >= 4 is 11.9 Å². The highest BCUT2D eigenvalue weighted by Gasteiger charge is 2.65. The van der Waals surface area contributed by atoms with Crippen LogP contribution in [0.25, 0.3) is 0 Å². The van der Waals surface area contributed by atoms with E-state index in [0.717, 1.165) is 30.4 Å². The van der Waals surface area contributed by atoms with Crippen LogP contribution in [0.5, 0.6) is 11.5 Å². The van der Waals surface area contributed by atoms with Gasteiger partial charge in [0, 0.05) is 13.0 Å².